The Morgan fingerprint density at radius 3 is 2.83 bits per heavy atom. The van der Waals surface area contributed by atoms with Crippen molar-refractivity contribution in [3.63, 3.8) is 0 Å². The lowest BCUT2D eigenvalue weighted by Gasteiger charge is -2.31. The molecule has 0 spiro atoms. The van der Waals surface area contributed by atoms with Crippen molar-refractivity contribution in [1.82, 2.24) is 4.90 Å². The number of rotatable bonds is 5. The molecule has 2 heterocycles. The highest BCUT2D eigenvalue weighted by molar-refractivity contribution is 7.98. The first kappa shape index (κ1) is 20.2. The number of likely N-dealkylation sites (tertiary alicyclic amines) is 1. The van der Waals surface area contributed by atoms with Crippen LogP contribution in [0.5, 0.6) is 0 Å². The highest BCUT2D eigenvalue weighted by Gasteiger charge is 2.26. The first-order chi connectivity index (χ1) is 14.3. The summed E-state index contributed by atoms with van der Waals surface area (Å²) in [6, 6.07) is 17.5. The van der Waals surface area contributed by atoms with E-state index in [1.165, 1.54) is 27.2 Å². The lowest BCUT2D eigenvalue weighted by molar-refractivity contribution is -0.149. The minimum atomic E-state index is -0.0285. The van der Waals surface area contributed by atoms with Crippen molar-refractivity contribution in [1.29, 1.82) is 0 Å². The number of fused-ring (bicyclic) bond motifs is 2. The van der Waals surface area contributed by atoms with Gasteiger partial charge in [0.05, 0.1) is 12.5 Å². The Morgan fingerprint density at radius 1 is 1.17 bits per heavy atom. The number of piperidine rings is 1. The van der Waals surface area contributed by atoms with E-state index in [-0.39, 0.29) is 11.9 Å². The number of nitrogens with zero attached hydrogens (tertiary/aromatic N) is 1. The van der Waals surface area contributed by atoms with Crippen molar-refractivity contribution < 1.29 is 9.53 Å². The Bertz CT molecular complexity index is 842. The molecule has 0 amide bonds. The van der Waals surface area contributed by atoms with Crippen LogP contribution >= 0.6 is 11.8 Å². The van der Waals surface area contributed by atoms with Crippen molar-refractivity contribution in [2.75, 3.05) is 26.2 Å². The number of benzene rings is 2. The van der Waals surface area contributed by atoms with E-state index in [0.717, 1.165) is 44.6 Å². The molecule has 1 saturated heterocycles. The molecule has 4 rings (SSSR count). The molecule has 1 fully saturated rings. The topological polar surface area (TPSA) is 29.5 Å². The van der Waals surface area contributed by atoms with E-state index in [1.54, 1.807) is 0 Å². The number of esters is 1. The summed E-state index contributed by atoms with van der Waals surface area (Å²) in [6.07, 6.45) is 5.41. The van der Waals surface area contributed by atoms with Crippen LogP contribution in [0, 0.1) is 5.92 Å². The smallest absolute Gasteiger partial charge is 0.310 e. The molecule has 0 aliphatic carbocycles. The lowest BCUT2D eigenvalue weighted by atomic mass is 9.93. The second-order valence-electron chi connectivity index (χ2n) is 7.74. The Balaban J connectivity index is 1.50. The molecular weight excluding hydrogens is 378 g/mol. The minimum absolute atomic E-state index is 0.0285. The summed E-state index contributed by atoms with van der Waals surface area (Å²) < 4.78 is 5.24. The molecule has 1 unspecified atom stereocenters. The molecule has 0 bridgehead atoms. The molecule has 0 saturated carbocycles. The standard InChI is InChI=1S/C25H29NO2S/c1-2-28-25(27)19-10-7-15-26(17-19)16-8-13-22-21-11-4-3-9-20(21)18-29-24-14-6-5-12-23(22)24/h3-6,9,11-14,19H,2,7-8,10,15-18H2,1H3. The van der Waals surface area contributed by atoms with Crippen LogP contribution in [0.2, 0.25) is 0 Å². The van der Waals surface area contributed by atoms with E-state index in [4.69, 9.17) is 4.74 Å². The van der Waals surface area contributed by atoms with Crippen LogP contribution in [-0.4, -0.2) is 37.1 Å². The summed E-state index contributed by atoms with van der Waals surface area (Å²) in [5, 5.41) is 0. The number of carbonyl (C=O) groups is 1. The summed E-state index contributed by atoms with van der Waals surface area (Å²) >= 11 is 1.92. The average molecular weight is 408 g/mol. The second-order valence-corrected chi connectivity index (χ2v) is 8.76. The van der Waals surface area contributed by atoms with Gasteiger partial charge in [-0.25, -0.2) is 0 Å². The van der Waals surface area contributed by atoms with Gasteiger partial charge in [-0.3, -0.25) is 4.79 Å². The van der Waals surface area contributed by atoms with Crippen LogP contribution in [0.4, 0.5) is 0 Å². The third-order valence-electron chi connectivity index (χ3n) is 5.79. The first-order valence-corrected chi connectivity index (χ1v) is 11.6. The van der Waals surface area contributed by atoms with Crippen molar-refractivity contribution in [2.24, 2.45) is 5.92 Å². The van der Waals surface area contributed by atoms with E-state index in [0.29, 0.717) is 6.61 Å². The highest BCUT2D eigenvalue weighted by Crippen LogP contribution is 2.40. The van der Waals surface area contributed by atoms with E-state index in [9.17, 15) is 4.79 Å². The average Bonchev–Trinajstić information content (AvgIpc) is 2.92. The first-order valence-electron chi connectivity index (χ1n) is 10.7. The van der Waals surface area contributed by atoms with Crippen molar-refractivity contribution in [2.45, 2.75) is 36.8 Å². The van der Waals surface area contributed by atoms with Gasteiger partial charge in [0.2, 0.25) is 0 Å². The third kappa shape index (κ3) is 4.76. The van der Waals surface area contributed by atoms with Gasteiger partial charge in [-0.15, -0.1) is 11.8 Å². The molecule has 152 valence electrons. The number of thioether (sulfide) groups is 1. The maximum atomic E-state index is 12.1. The molecule has 0 aromatic heterocycles. The van der Waals surface area contributed by atoms with Gasteiger partial charge in [-0.05, 0) is 61.1 Å². The van der Waals surface area contributed by atoms with Crippen molar-refractivity contribution >= 4 is 23.3 Å². The van der Waals surface area contributed by atoms with E-state index in [1.807, 2.05) is 18.7 Å². The fraction of sp³-hybridized carbons (Fsp3) is 0.400. The van der Waals surface area contributed by atoms with Gasteiger partial charge >= 0.3 is 5.97 Å². The van der Waals surface area contributed by atoms with Gasteiger partial charge in [0.1, 0.15) is 0 Å². The van der Waals surface area contributed by atoms with Gasteiger partial charge < -0.3 is 9.64 Å². The summed E-state index contributed by atoms with van der Waals surface area (Å²) in [7, 11) is 0. The Kier molecular flexibility index (Phi) is 6.73. The zero-order valence-electron chi connectivity index (χ0n) is 17.1. The summed E-state index contributed by atoms with van der Waals surface area (Å²) in [6.45, 7) is 5.23. The van der Waals surface area contributed by atoms with Crippen LogP contribution < -0.4 is 0 Å². The minimum Gasteiger partial charge on any atom is -0.466 e. The Labute approximate surface area is 178 Å². The largest absolute Gasteiger partial charge is 0.466 e. The SMILES string of the molecule is CCOC(=O)C1CCCN(CCC=C2c3ccccc3CSc3ccccc32)C1. The monoisotopic (exact) mass is 407 g/mol. The van der Waals surface area contributed by atoms with Gasteiger partial charge in [-0.2, -0.15) is 0 Å². The normalized spacial score (nSPS) is 20.6. The number of hydrogen-bond acceptors (Lipinski definition) is 4. The summed E-state index contributed by atoms with van der Waals surface area (Å²) in [5.74, 6) is 1.02. The molecule has 2 aliphatic rings. The molecule has 0 radical (unpaired) electrons. The second kappa shape index (κ2) is 9.64. The van der Waals surface area contributed by atoms with Crippen molar-refractivity contribution in [3.8, 4) is 0 Å². The molecule has 2 aliphatic heterocycles. The predicted molar refractivity (Wildman–Crippen MR) is 120 cm³/mol. The van der Waals surface area contributed by atoms with Crippen LogP contribution in [0.3, 0.4) is 0 Å². The zero-order chi connectivity index (χ0) is 20.1. The van der Waals surface area contributed by atoms with Gasteiger partial charge in [0.15, 0.2) is 0 Å². The molecule has 4 heteroatoms. The van der Waals surface area contributed by atoms with Gasteiger partial charge in [0, 0.05) is 23.7 Å². The highest BCUT2D eigenvalue weighted by atomic mass is 32.2. The summed E-state index contributed by atoms with van der Waals surface area (Å²) in [4.78, 5) is 15.9. The van der Waals surface area contributed by atoms with Gasteiger partial charge in [-0.1, -0.05) is 48.5 Å². The molecule has 0 N–H and O–H groups in total. The van der Waals surface area contributed by atoms with Crippen LogP contribution in [0.1, 0.15) is 42.9 Å². The Morgan fingerprint density at radius 2 is 1.97 bits per heavy atom. The molecule has 2 aromatic carbocycles. The zero-order valence-corrected chi connectivity index (χ0v) is 17.9. The lowest BCUT2D eigenvalue weighted by Crippen LogP contribution is -2.39. The van der Waals surface area contributed by atoms with Crippen LogP contribution in [-0.2, 0) is 15.3 Å². The molecule has 29 heavy (non-hydrogen) atoms. The fourth-order valence-electron chi connectivity index (χ4n) is 4.35. The molecule has 2 aromatic rings. The quantitative estimate of drug-likeness (QED) is 0.622. The number of carbonyl (C=O) groups excluding carboxylic acids is 1. The molecular formula is C25H29NO2S. The maximum Gasteiger partial charge on any atom is 0.310 e. The summed E-state index contributed by atoms with van der Waals surface area (Å²) in [5.41, 5.74) is 5.44. The number of ether oxygens (including phenoxy) is 1. The van der Waals surface area contributed by atoms with E-state index >= 15 is 0 Å². The molecule has 1 atom stereocenters. The molecule has 3 nitrogen and oxygen atoms in total. The maximum absolute atomic E-state index is 12.1. The predicted octanol–water partition coefficient (Wildman–Crippen LogP) is 5.39. The third-order valence-corrected chi connectivity index (χ3v) is 6.91. The fourth-order valence-corrected chi connectivity index (χ4v) is 5.42. The van der Waals surface area contributed by atoms with E-state index in [2.05, 4.69) is 59.5 Å². The van der Waals surface area contributed by atoms with E-state index < -0.39 is 0 Å². The Hall–Kier alpha value is -2.04. The van der Waals surface area contributed by atoms with Crippen LogP contribution in [0.15, 0.2) is 59.5 Å². The van der Waals surface area contributed by atoms with Crippen LogP contribution in [0.25, 0.3) is 5.57 Å². The number of hydrogen-bond donors (Lipinski definition) is 0. The van der Waals surface area contributed by atoms with Gasteiger partial charge in [0.25, 0.3) is 0 Å². The van der Waals surface area contributed by atoms with Crippen molar-refractivity contribution in [3.05, 3.63) is 71.3 Å².